The van der Waals surface area contributed by atoms with E-state index < -0.39 is 10.0 Å². The molecule has 0 aromatic heterocycles. The van der Waals surface area contributed by atoms with Crippen molar-refractivity contribution in [2.75, 3.05) is 22.8 Å². The zero-order chi connectivity index (χ0) is 14.0. The monoisotopic (exact) mass is 270 g/mol. The van der Waals surface area contributed by atoms with Crippen LogP contribution in [0.2, 0.25) is 0 Å². The number of nitrogens with one attached hydrogen (secondary N) is 2. The van der Waals surface area contributed by atoms with E-state index in [-0.39, 0.29) is 5.41 Å². The first-order valence-corrected chi connectivity index (χ1v) is 7.78. The van der Waals surface area contributed by atoms with Gasteiger partial charge in [0.15, 0.2) is 0 Å². The molecule has 0 unspecified atom stereocenters. The smallest absolute Gasteiger partial charge is 0.229 e. The fraction of sp³-hybridized carbons (Fsp3) is 0.538. The molecule has 0 spiro atoms. The first-order valence-electron chi connectivity index (χ1n) is 5.89. The fourth-order valence-electron chi connectivity index (χ4n) is 1.46. The third-order valence-corrected chi connectivity index (χ3v) is 2.94. The van der Waals surface area contributed by atoms with Crippen molar-refractivity contribution >= 4 is 21.4 Å². The molecule has 0 amide bonds. The molecule has 0 aliphatic carbocycles. The third kappa shape index (κ3) is 5.40. The zero-order valence-corrected chi connectivity index (χ0v) is 12.5. The van der Waals surface area contributed by atoms with E-state index >= 15 is 0 Å². The lowest BCUT2D eigenvalue weighted by atomic mass is 9.97. The minimum absolute atomic E-state index is 0.206. The number of hydrogen-bond donors (Lipinski definition) is 2. The van der Waals surface area contributed by atoms with Gasteiger partial charge < -0.3 is 5.32 Å². The molecule has 18 heavy (non-hydrogen) atoms. The highest BCUT2D eigenvalue weighted by Crippen LogP contribution is 2.22. The van der Waals surface area contributed by atoms with Crippen molar-refractivity contribution in [2.45, 2.75) is 27.7 Å². The summed E-state index contributed by atoms with van der Waals surface area (Å²) in [6.07, 6.45) is 1.15. The highest BCUT2D eigenvalue weighted by molar-refractivity contribution is 7.92. The van der Waals surface area contributed by atoms with Crippen molar-refractivity contribution in [1.82, 2.24) is 0 Å². The van der Waals surface area contributed by atoms with E-state index in [9.17, 15) is 8.42 Å². The van der Waals surface area contributed by atoms with Gasteiger partial charge in [0.05, 0.1) is 11.9 Å². The number of benzene rings is 1. The van der Waals surface area contributed by atoms with E-state index in [1.54, 1.807) is 6.07 Å². The van der Waals surface area contributed by atoms with Gasteiger partial charge in [-0.2, -0.15) is 0 Å². The second kappa shape index (κ2) is 5.18. The molecule has 0 saturated carbocycles. The van der Waals surface area contributed by atoms with Crippen molar-refractivity contribution in [1.29, 1.82) is 0 Å². The van der Waals surface area contributed by atoms with Crippen molar-refractivity contribution in [3.05, 3.63) is 23.8 Å². The standard InChI is InChI=1S/C13H22N2O2S/c1-10-8-11(14-9-13(2,3)4)6-7-12(10)15-18(5,16)17/h6-8,14-15H,9H2,1-5H3. The molecule has 5 heteroatoms. The summed E-state index contributed by atoms with van der Waals surface area (Å²) in [6.45, 7) is 9.23. The molecule has 0 atom stereocenters. The molecule has 2 N–H and O–H groups in total. The molecule has 1 aromatic carbocycles. The maximum absolute atomic E-state index is 11.2. The maximum Gasteiger partial charge on any atom is 0.229 e. The Balaban J connectivity index is 2.80. The minimum Gasteiger partial charge on any atom is -0.385 e. The van der Waals surface area contributed by atoms with Crippen LogP contribution in [0.4, 0.5) is 11.4 Å². The summed E-state index contributed by atoms with van der Waals surface area (Å²) in [5, 5.41) is 3.34. The van der Waals surface area contributed by atoms with Gasteiger partial charge in [0.25, 0.3) is 0 Å². The van der Waals surface area contributed by atoms with Crippen LogP contribution in [-0.2, 0) is 10.0 Å². The molecule has 0 bridgehead atoms. The van der Waals surface area contributed by atoms with Gasteiger partial charge in [0, 0.05) is 12.2 Å². The number of hydrogen-bond acceptors (Lipinski definition) is 3. The van der Waals surface area contributed by atoms with E-state index in [0.717, 1.165) is 24.1 Å². The summed E-state index contributed by atoms with van der Waals surface area (Å²) in [5.74, 6) is 0. The van der Waals surface area contributed by atoms with Crippen LogP contribution >= 0.6 is 0 Å². The van der Waals surface area contributed by atoms with Crippen LogP contribution in [-0.4, -0.2) is 21.2 Å². The maximum atomic E-state index is 11.2. The SMILES string of the molecule is Cc1cc(NCC(C)(C)C)ccc1NS(C)(=O)=O. The van der Waals surface area contributed by atoms with Crippen LogP contribution in [0.3, 0.4) is 0 Å². The molecule has 0 heterocycles. The number of rotatable bonds is 4. The van der Waals surface area contributed by atoms with Crippen molar-refractivity contribution in [3.63, 3.8) is 0 Å². The van der Waals surface area contributed by atoms with Crippen LogP contribution < -0.4 is 10.0 Å². The Morgan fingerprint density at radius 3 is 2.28 bits per heavy atom. The van der Waals surface area contributed by atoms with Gasteiger partial charge in [-0.15, -0.1) is 0 Å². The predicted molar refractivity (Wildman–Crippen MR) is 77.6 cm³/mol. The fourth-order valence-corrected chi connectivity index (χ4v) is 2.08. The van der Waals surface area contributed by atoms with Gasteiger partial charge in [-0.1, -0.05) is 20.8 Å². The molecule has 102 valence electrons. The quantitative estimate of drug-likeness (QED) is 0.884. The average Bonchev–Trinajstić information content (AvgIpc) is 2.15. The Labute approximate surface area is 110 Å². The van der Waals surface area contributed by atoms with Crippen LogP contribution in [0.15, 0.2) is 18.2 Å². The topological polar surface area (TPSA) is 58.2 Å². The van der Waals surface area contributed by atoms with Crippen molar-refractivity contribution < 1.29 is 8.42 Å². The van der Waals surface area contributed by atoms with Crippen molar-refractivity contribution in [2.24, 2.45) is 5.41 Å². The molecule has 4 nitrogen and oxygen atoms in total. The molecule has 0 radical (unpaired) electrons. The normalized spacial score (nSPS) is 12.3. The number of aryl methyl sites for hydroxylation is 1. The number of sulfonamides is 1. The van der Waals surface area contributed by atoms with E-state index in [0.29, 0.717) is 5.69 Å². The Bertz CT molecular complexity index is 516. The third-order valence-electron chi connectivity index (χ3n) is 2.34. The van der Waals surface area contributed by atoms with Gasteiger partial charge >= 0.3 is 0 Å². The van der Waals surface area contributed by atoms with Crippen LogP contribution in [0, 0.1) is 12.3 Å². The summed E-state index contributed by atoms with van der Waals surface area (Å²) in [7, 11) is -3.22. The molecule has 0 fully saturated rings. The van der Waals surface area contributed by atoms with Gasteiger partial charge in [0.1, 0.15) is 0 Å². The zero-order valence-electron chi connectivity index (χ0n) is 11.7. The molecule has 0 aliphatic rings. The number of anilines is 2. The highest BCUT2D eigenvalue weighted by atomic mass is 32.2. The minimum atomic E-state index is -3.22. The van der Waals surface area contributed by atoms with Gasteiger partial charge in [-0.25, -0.2) is 8.42 Å². The summed E-state index contributed by atoms with van der Waals surface area (Å²) in [5.41, 5.74) is 2.73. The van der Waals surface area contributed by atoms with Gasteiger partial charge in [-0.3, -0.25) is 4.72 Å². The summed E-state index contributed by atoms with van der Waals surface area (Å²) in [6, 6.07) is 5.60. The second-order valence-electron chi connectivity index (χ2n) is 5.82. The second-order valence-corrected chi connectivity index (χ2v) is 7.57. The molecular formula is C13H22N2O2S. The molecule has 1 aromatic rings. The Morgan fingerprint density at radius 1 is 1.22 bits per heavy atom. The summed E-state index contributed by atoms with van der Waals surface area (Å²) < 4.78 is 24.8. The van der Waals surface area contributed by atoms with Gasteiger partial charge in [0.2, 0.25) is 10.0 Å². The van der Waals surface area contributed by atoms with E-state index in [4.69, 9.17) is 0 Å². The molecule has 1 rings (SSSR count). The van der Waals surface area contributed by atoms with Gasteiger partial charge in [-0.05, 0) is 36.1 Å². The van der Waals surface area contributed by atoms with Crippen LogP contribution in [0.25, 0.3) is 0 Å². The first-order chi connectivity index (χ1) is 8.07. The Hall–Kier alpha value is -1.23. The summed E-state index contributed by atoms with van der Waals surface area (Å²) >= 11 is 0. The lowest BCUT2D eigenvalue weighted by molar-refractivity contribution is 0.443. The summed E-state index contributed by atoms with van der Waals surface area (Å²) in [4.78, 5) is 0. The molecular weight excluding hydrogens is 248 g/mol. The first kappa shape index (κ1) is 14.8. The largest absolute Gasteiger partial charge is 0.385 e. The molecule has 0 saturated heterocycles. The Morgan fingerprint density at radius 2 is 1.83 bits per heavy atom. The van der Waals surface area contributed by atoms with E-state index in [2.05, 4.69) is 30.8 Å². The lowest BCUT2D eigenvalue weighted by Crippen LogP contribution is -2.19. The Kier molecular flexibility index (Phi) is 4.27. The van der Waals surface area contributed by atoms with Crippen molar-refractivity contribution in [3.8, 4) is 0 Å². The molecule has 0 aliphatic heterocycles. The lowest BCUT2D eigenvalue weighted by Gasteiger charge is -2.20. The van der Waals surface area contributed by atoms with Crippen LogP contribution in [0.1, 0.15) is 26.3 Å². The van der Waals surface area contributed by atoms with E-state index in [1.165, 1.54) is 0 Å². The predicted octanol–water partition coefficient (Wildman–Crippen LogP) is 2.82. The highest BCUT2D eigenvalue weighted by Gasteiger charge is 2.10. The van der Waals surface area contributed by atoms with Crippen LogP contribution in [0.5, 0.6) is 0 Å². The average molecular weight is 270 g/mol. The van der Waals surface area contributed by atoms with E-state index in [1.807, 2.05) is 19.1 Å².